The zero-order valence-corrected chi connectivity index (χ0v) is 11.8. The van der Waals surface area contributed by atoms with E-state index in [9.17, 15) is 5.11 Å². The molecule has 0 bridgehead atoms. The first-order valence-corrected chi connectivity index (χ1v) is 7.14. The monoisotopic (exact) mass is 247 g/mol. The lowest BCUT2D eigenvalue weighted by atomic mass is 9.95. The van der Waals surface area contributed by atoms with Crippen molar-refractivity contribution >= 4 is 5.69 Å². The summed E-state index contributed by atoms with van der Waals surface area (Å²) < 4.78 is 0. The zero-order chi connectivity index (χ0) is 13.1. The van der Waals surface area contributed by atoms with Gasteiger partial charge >= 0.3 is 0 Å². The molecule has 1 fully saturated rings. The summed E-state index contributed by atoms with van der Waals surface area (Å²) in [6.07, 6.45) is 1.76. The lowest BCUT2D eigenvalue weighted by molar-refractivity contribution is 0.173. The van der Waals surface area contributed by atoms with E-state index in [0.29, 0.717) is 0 Å². The van der Waals surface area contributed by atoms with E-state index in [2.05, 4.69) is 43.0 Å². The molecule has 2 rings (SSSR count). The van der Waals surface area contributed by atoms with E-state index in [1.165, 1.54) is 25.2 Å². The maximum absolute atomic E-state index is 9.79. The highest BCUT2D eigenvalue weighted by Gasteiger charge is 2.24. The van der Waals surface area contributed by atoms with E-state index < -0.39 is 0 Å². The maximum Gasteiger partial charge on any atom is 0.0787 e. The van der Waals surface area contributed by atoms with Crippen LogP contribution in [-0.2, 0) is 0 Å². The van der Waals surface area contributed by atoms with Crippen LogP contribution >= 0.6 is 0 Å². The van der Waals surface area contributed by atoms with Gasteiger partial charge in [0, 0.05) is 18.8 Å². The summed E-state index contributed by atoms with van der Waals surface area (Å²) in [6.45, 7) is 8.97. The van der Waals surface area contributed by atoms with Crippen LogP contribution in [0.5, 0.6) is 0 Å². The van der Waals surface area contributed by atoms with E-state index in [-0.39, 0.29) is 6.10 Å². The Balaban J connectivity index is 2.02. The van der Waals surface area contributed by atoms with E-state index >= 15 is 0 Å². The highest BCUT2D eigenvalue weighted by Crippen LogP contribution is 2.29. The summed E-state index contributed by atoms with van der Waals surface area (Å²) in [6, 6.07) is 8.42. The molecule has 1 aromatic rings. The Morgan fingerprint density at radius 1 is 1.28 bits per heavy atom. The molecule has 0 aromatic heterocycles. The van der Waals surface area contributed by atoms with Crippen molar-refractivity contribution in [1.82, 2.24) is 0 Å². The van der Waals surface area contributed by atoms with Gasteiger partial charge in [-0.15, -0.1) is 0 Å². The van der Waals surface area contributed by atoms with Gasteiger partial charge in [0.15, 0.2) is 0 Å². The average molecular weight is 247 g/mol. The SMILES string of the molecule is CCC(O)c1ccc(N2CCC(C(C)C)C2)cc1. The lowest BCUT2D eigenvalue weighted by Crippen LogP contribution is -2.21. The van der Waals surface area contributed by atoms with Gasteiger partial charge in [0.2, 0.25) is 0 Å². The molecule has 0 amide bonds. The molecule has 0 aliphatic carbocycles. The van der Waals surface area contributed by atoms with Gasteiger partial charge in [-0.1, -0.05) is 32.9 Å². The van der Waals surface area contributed by atoms with E-state index in [1.54, 1.807) is 0 Å². The maximum atomic E-state index is 9.79. The Labute approximate surface area is 111 Å². The first-order valence-electron chi connectivity index (χ1n) is 7.14. The number of nitrogens with zero attached hydrogens (tertiary/aromatic N) is 1. The van der Waals surface area contributed by atoms with Crippen LogP contribution in [0.3, 0.4) is 0 Å². The van der Waals surface area contributed by atoms with Crippen LogP contribution in [0, 0.1) is 11.8 Å². The summed E-state index contributed by atoms with van der Waals surface area (Å²) in [7, 11) is 0. The van der Waals surface area contributed by atoms with Crippen molar-refractivity contribution in [3.8, 4) is 0 Å². The van der Waals surface area contributed by atoms with E-state index in [4.69, 9.17) is 0 Å². The third-order valence-electron chi connectivity index (χ3n) is 4.20. The van der Waals surface area contributed by atoms with Gasteiger partial charge in [-0.3, -0.25) is 0 Å². The second kappa shape index (κ2) is 5.75. The summed E-state index contributed by atoms with van der Waals surface area (Å²) in [4.78, 5) is 2.47. The molecule has 2 atom stereocenters. The zero-order valence-electron chi connectivity index (χ0n) is 11.8. The topological polar surface area (TPSA) is 23.5 Å². The molecule has 0 saturated carbocycles. The van der Waals surface area contributed by atoms with Gasteiger partial charge in [0.1, 0.15) is 0 Å². The van der Waals surface area contributed by atoms with Gasteiger partial charge in [0.05, 0.1) is 6.10 Å². The third-order valence-corrected chi connectivity index (χ3v) is 4.20. The lowest BCUT2D eigenvalue weighted by Gasteiger charge is -2.20. The molecule has 1 heterocycles. The van der Waals surface area contributed by atoms with Crippen LogP contribution in [0.25, 0.3) is 0 Å². The fourth-order valence-electron chi connectivity index (χ4n) is 2.71. The Morgan fingerprint density at radius 3 is 2.44 bits per heavy atom. The molecule has 0 spiro atoms. The van der Waals surface area contributed by atoms with Crippen molar-refractivity contribution in [2.45, 2.75) is 39.7 Å². The summed E-state index contributed by atoms with van der Waals surface area (Å²) >= 11 is 0. The highest BCUT2D eigenvalue weighted by molar-refractivity contribution is 5.48. The molecule has 1 aliphatic rings. The molecule has 1 N–H and O–H groups in total. The number of hydrogen-bond acceptors (Lipinski definition) is 2. The largest absolute Gasteiger partial charge is 0.388 e. The van der Waals surface area contributed by atoms with Crippen molar-refractivity contribution < 1.29 is 5.11 Å². The predicted octanol–water partition coefficient (Wildman–Crippen LogP) is 3.61. The molecule has 2 nitrogen and oxygen atoms in total. The minimum Gasteiger partial charge on any atom is -0.388 e. The van der Waals surface area contributed by atoms with E-state index in [0.717, 1.165) is 23.8 Å². The first-order chi connectivity index (χ1) is 8.61. The van der Waals surface area contributed by atoms with Crippen molar-refractivity contribution in [3.05, 3.63) is 29.8 Å². The Morgan fingerprint density at radius 2 is 1.94 bits per heavy atom. The third kappa shape index (κ3) is 2.86. The number of rotatable bonds is 4. The van der Waals surface area contributed by atoms with Gasteiger partial charge < -0.3 is 10.0 Å². The van der Waals surface area contributed by atoms with Crippen LogP contribution in [0.4, 0.5) is 5.69 Å². The standard InChI is InChI=1S/C16H25NO/c1-4-16(18)13-5-7-15(8-6-13)17-10-9-14(11-17)12(2)3/h5-8,12,14,16,18H,4,9-11H2,1-3H3. The fourth-order valence-corrected chi connectivity index (χ4v) is 2.71. The quantitative estimate of drug-likeness (QED) is 0.878. The van der Waals surface area contributed by atoms with Gasteiger partial charge in [-0.2, -0.15) is 0 Å². The minimum absolute atomic E-state index is 0.318. The average Bonchev–Trinajstić information content (AvgIpc) is 2.88. The molecule has 1 aliphatic heterocycles. The number of aliphatic hydroxyl groups excluding tert-OH is 1. The highest BCUT2D eigenvalue weighted by atomic mass is 16.3. The molecular weight excluding hydrogens is 222 g/mol. The molecule has 0 radical (unpaired) electrons. The fraction of sp³-hybridized carbons (Fsp3) is 0.625. The van der Waals surface area contributed by atoms with Gasteiger partial charge in [-0.25, -0.2) is 0 Å². The molecule has 1 saturated heterocycles. The number of benzene rings is 1. The Hall–Kier alpha value is -1.02. The summed E-state index contributed by atoms with van der Waals surface area (Å²) in [5.41, 5.74) is 2.33. The van der Waals surface area contributed by atoms with Crippen LogP contribution < -0.4 is 4.90 Å². The second-order valence-electron chi connectivity index (χ2n) is 5.75. The summed E-state index contributed by atoms with van der Waals surface area (Å²) in [5, 5.41) is 9.79. The van der Waals surface area contributed by atoms with Crippen molar-refractivity contribution in [2.75, 3.05) is 18.0 Å². The van der Waals surface area contributed by atoms with Gasteiger partial charge in [-0.05, 0) is 42.4 Å². The van der Waals surface area contributed by atoms with Crippen molar-refractivity contribution in [3.63, 3.8) is 0 Å². The molecule has 2 unspecified atom stereocenters. The molecule has 100 valence electrons. The van der Waals surface area contributed by atoms with Crippen molar-refractivity contribution in [2.24, 2.45) is 11.8 Å². The number of anilines is 1. The Bertz CT molecular complexity index is 371. The predicted molar refractivity (Wildman–Crippen MR) is 76.9 cm³/mol. The number of aliphatic hydroxyl groups is 1. The molecular formula is C16H25NO. The van der Waals surface area contributed by atoms with Crippen molar-refractivity contribution in [1.29, 1.82) is 0 Å². The smallest absolute Gasteiger partial charge is 0.0787 e. The second-order valence-corrected chi connectivity index (χ2v) is 5.75. The van der Waals surface area contributed by atoms with Crippen LogP contribution in [0.2, 0.25) is 0 Å². The van der Waals surface area contributed by atoms with Crippen LogP contribution in [0.15, 0.2) is 24.3 Å². The van der Waals surface area contributed by atoms with Crippen LogP contribution in [0.1, 0.15) is 45.3 Å². The Kier molecular flexibility index (Phi) is 4.28. The normalized spacial score (nSPS) is 21.6. The van der Waals surface area contributed by atoms with Gasteiger partial charge in [0.25, 0.3) is 0 Å². The van der Waals surface area contributed by atoms with Crippen LogP contribution in [-0.4, -0.2) is 18.2 Å². The molecule has 18 heavy (non-hydrogen) atoms. The molecule has 2 heteroatoms. The first kappa shape index (κ1) is 13.4. The van der Waals surface area contributed by atoms with E-state index in [1.807, 2.05) is 6.92 Å². The summed E-state index contributed by atoms with van der Waals surface area (Å²) in [5.74, 6) is 1.60. The number of hydrogen-bond donors (Lipinski definition) is 1. The minimum atomic E-state index is -0.318. The molecule has 1 aromatic carbocycles.